The molecule has 2 aromatic rings. The van der Waals surface area contributed by atoms with Crippen molar-refractivity contribution in [1.82, 2.24) is 25.3 Å². The molecule has 1 aliphatic rings. The molecule has 1 aromatic carbocycles. The quantitative estimate of drug-likeness (QED) is 0.515. The fourth-order valence-electron chi connectivity index (χ4n) is 4.02. The first kappa shape index (κ1) is 22.3. The number of ether oxygens (including phenoxy) is 1. The minimum atomic E-state index is 0.454. The van der Waals surface area contributed by atoms with Gasteiger partial charge in [-0.3, -0.25) is 14.6 Å². The highest BCUT2D eigenvalue weighted by Crippen LogP contribution is 2.15. The number of benzene rings is 1. The lowest BCUT2D eigenvalue weighted by molar-refractivity contribution is 0.182. The maximum atomic E-state index is 5.18. The second-order valence-corrected chi connectivity index (χ2v) is 7.97. The number of aryl methyl sites for hydroxylation is 1. The van der Waals surface area contributed by atoms with Crippen molar-refractivity contribution in [2.45, 2.75) is 52.4 Å². The number of aliphatic imine (C=N–C) groups is 1. The first-order valence-corrected chi connectivity index (χ1v) is 10.9. The number of aromatic nitrogens is 2. The van der Waals surface area contributed by atoms with E-state index >= 15 is 0 Å². The average molecular weight is 413 g/mol. The van der Waals surface area contributed by atoms with Crippen LogP contribution < -0.4 is 10.6 Å². The van der Waals surface area contributed by atoms with Gasteiger partial charge in [-0.05, 0) is 32.3 Å². The van der Waals surface area contributed by atoms with Crippen LogP contribution in [0.5, 0.6) is 0 Å². The molecule has 1 saturated heterocycles. The van der Waals surface area contributed by atoms with E-state index in [-0.39, 0.29) is 0 Å². The molecular weight excluding hydrogens is 376 g/mol. The Kier molecular flexibility index (Phi) is 8.28. The number of rotatable bonds is 8. The van der Waals surface area contributed by atoms with Gasteiger partial charge in [-0.1, -0.05) is 30.3 Å². The standard InChI is InChI=1S/C23H36N6O/c1-18-22(19(2)29(27-18)14-15-30-4)16-25-23(24-3)26-21-10-12-28(13-11-21)17-20-8-6-5-7-9-20/h5-9,21H,10-17H2,1-4H3,(H2,24,25,26). The number of piperidine rings is 1. The van der Waals surface area contributed by atoms with Gasteiger partial charge in [0, 0.05) is 57.6 Å². The van der Waals surface area contributed by atoms with E-state index in [9.17, 15) is 0 Å². The summed E-state index contributed by atoms with van der Waals surface area (Å²) in [6.45, 7) is 9.58. The third kappa shape index (κ3) is 6.06. The molecule has 1 fully saturated rings. The van der Waals surface area contributed by atoms with E-state index in [4.69, 9.17) is 4.74 Å². The number of nitrogens with zero attached hydrogens (tertiary/aromatic N) is 4. The van der Waals surface area contributed by atoms with E-state index in [2.05, 4.69) is 69.8 Å². The highest BCUT2D eigenvalue weighted by atomic mass is 16.5. The highest BCUT2D eigenvalue weighted by Gasteiger charge is 2.20. The molecule has 2 N–H and O–H groups in total. The van der Waals surface area contributed by atoms with E-state index in [1.807, 2.05) is 11.7 Å². The maximum absolute atomic E-state index is 5.18. The van der Waals surface area contributed by atoms with Crippen LogP contribution in [0.3, 0.4) is 0 Å². The lowest BCUT2D eigenvalue weighted by Gasteiger charge is -2.33. The molecule has 7 nitrogen and oxygen atoms in total. The van der Waals surface area contributed by atoms with Crippen molar-refractivity contribution >= 4 is 5.96 Å². The van der Waals surface area contributed by atoms with Gasteiger partial charge in [0.25, 0.3) is 0 Å². The number of hydrogen-bond donors (Lipinski definition) is 2. The molecule has 0 saturated carbocycles. The van der Waals surface area contributed by atoms with Gasteiger partial charge in [0.1, 0.15) is 0 Å². The van der Waals surface area contributed by atoms with E-state index in [0.29, 0.717) is 12.6 Å². The minimum Gasteiger partial charge on any atom is -0.383 e. The summed E-state index contributed by atoms with van der Waals surface area (Å²) >= 11 is 0. The van der Waals surface area contributed by atoms with Crippen molar-refractivity contribution in [1.29, 1.82) is 0 Å². The highest BCUT2D eigenvalue weighted by molar-refractivity contribution is 5.80. The van der Waals surface area contributed by atoms with Crippen LogP contribution in [0.4, 0.5) is 0 Å². The van der Waals surface area contributed by atoms with Crippen LogP contribution in [0.25, 0.3) is 0 Å². The van der Waals surface area contributed by atoms with E-state index in [0.717, 1.165) is 57.2 Å². The van der Waals surface area contributed by atoms with Gasteiger partial charge in [0.2, 0.25) is 0 Å². The van der Waals surface area contributed by atoms with Gasteiger partial charge in [0.15, 0.2) is 5.96 Å². The zero-order chi connectivity index (χ0) is 21.3. The summed E-state index contributed by atoms with van der Waals surface area (Å²) in [5.74, 6) is 0.861. The summed E-state index contributed by atoms with van der Waals surface area (Å²) in [5.41, 5.74) is 4.85. The minimum absolute atomic E-state index is 0.454. The maximum Gasteiger partial charge on any atom is 0.191 e. The zero-order valence-corrected chi connectivity index (χ0v) is 18.8. The molecule has 1 aliphatic heterocycles. The normalized spacial score (nSPS) is 16.1. The van der Waals surface area contributed by atoms with Gasteiger partial charge in [-0.2, -0.15) is 5.10 Å². The largest absolute Gasteiger partial charge is 0.383 e. The first-order chi connectivity index (χ1) is 14.6. The number of likely N-dealkylation sites (tertiary alicyclic amines) is 1. The Bertz CT molecular complexity index is 809. The first-order valence-electron chi connectivity index (χ1n) is 10.9. The van der Waals surface area contributed by atoms with E-state index < -0.39 is 0 Å². The Morgan fingerprint density at radius 1 is 1.20 bits per heavy atom. The van der Waals surface area contributed by atoms with Crippen molar-refractivity contribution in [3.63, 3.8) is 0 Å². The summed E-state index contributed by atoms with van der Waals surface area (Å²) in [6, 6.07) is 11.2. The van der Waals surface area contributed by atoms with Crippen molar-refractivity contribution in [3.8, 4) is 0 Å². The third-order valence-electron chi connectivity index (χ3n) is 5.87. The number of nitrogens with one attached hydrogen (secondary N) is 2. The summed E-state index contributed by atoms with van der Waals surface area (Å²) < 4.78 is 7.20. The van der Waals surface area contributed by atoms with Gasteiger partial charge >= 0.3 is 0 Å². The van der Waals surface area contributed by atoms with Crippen molar-refractivity contribution in [3.05, 3.63) is 52.8 Å². The molecule has 0 amide bonds. The van der Waals surface area contributed by atoms with E-state index in [1.165, 1.54) is 16.8 Å². The number of methoxy groups -OCH3 is 1. The summed E-state index contributed by atoms with van der Waals surface area (Å²) in [6.07, 6.45) is 2.25. The van der Waals surface area contributed by atoms with Crippen molar-refractivity contribution < 1.29 is 4.74 Å². The number of guanidine groups is 1. The smallest absolute Gasteiger partial charge is 0.191 e. The van der Waals surface area contributed by atoms with Crippen LogP contribution in [-0.4, -0.2) is 60.5 Å². The fourth-order valence-corrected chi connectivity index (χ4v) is 4.02. The molecule has 0 aliphatic carbocycles. The Hall–Kier alpha value is -2.38. The van der Waals surface area contributed by atoms with Crippen LogP contribution in [0.15, 0.2) is 35.3 Å². The second-order valence-electron chi connectivity index (χ2n) is 7.97. The van der Waals surface area contributed by atoms with Gasteiger partial charge in [-0.15, -0.1) is 0 Å². The van der Waals surface area contributed by atoms with Crippen molar-refractivity contribution in [2.75, 3.05) is 33.9 Å². The molecule has 30 heavy (non-hydrogen) atoms. The molecule has 0 radical (unpaired) electrons. The predicted octanol–water partition coefficient (Wildman–Crippen LogP) is 2.48. The van der Waals surface area contributed by atoms with Crippen LogP contribution in [0.1, 0.15) is 35.4 Å². The Labute approximate surface area is 180 Å². The topological polar surface area (TPSA) is 66.7 Å². The molecule has 0 bridgehead atoms. The molecule has 164 valence electrons. The average Bonchev–Trinajstić information content (AvgIpc) is 3.04. The van der Waals surface area contributed by atoms with Gasteiger partial charge < -0.3 is 15.4 Å². The number of hydrogen-bond acceptors (Lipinski definition) is 4. The van der Waals surface area contributed by atoms with Crippen LogP contribution in [-0.2, 0) is 24.4 Å². The molecular formula is C23H36N6O. The Morgan fingerprint density at radius 3 is 2.60 bits per heavy atom. The Balaban J connectivity index is 1.46. The van der Waals surface area contributed by atoms with Crippen LogP contribution in [0.2, 0.25) is 0 Å². The van der Waals surface area contributed by atoms with Gasteiger partial charge in [0.05, 0.1) is 18.8 Å². The monoisotopic (exact) mass is 412 g/mol. The summed E-state index contributed by atoms with van der Waals surface area (Å²) in [4.78, 5) is 6.97. The predicted molar refractivity (Wildman–Crippen MR) is 122 cm³/mol. The second kappa shape index (κ2) is 11.1. The van der Waals surface area contributed by atoms with Crippen LogP contribution in [0, 0.1) is 13.8 Å². The summed E-state index contributed by atoms with van der Waals surface area (Å²) in [5, 5.41) is 11.7. The fraction of sp³-hybridized carbons (Fsp3) is 0.565. The van der Waals surface area contributed by atoms with Gasteiger partial charge in [-0.25, -0.2) is 0 Å². The zero-order valence-electron chi connectivity index (χ0n) is 18.8. The molecule has 0 spiro atoms. The van der Waals surface area contributed by atoms with Crippen LogP contribution >= 0.6 is 0 Å². The van der Waals surface area contributed by atoms with E-state index in [1.54, 1.807) is 7.11 Å². The lowest BCUT2D eigenvalue weighted by atomic mass is 10.0. The molecule has 0 unspecified atom stereocenters. The SMILES string of the molecule is CN=C(NCc1c(C)nn(CCOC)c1C)NC1CCN(Cc2ccccc2)CC1. The molecule has 2 heterocycles. The lowest BCUT2D eigenvalue weighted by Crippen LogP contribution is -2.48. The molecule has 0 atom stereocenters. The molecule has 1 aromatic heterocycles. The summed E-state index contributed by atoms with van der Waals surface area (Å²) in [7, 11) is 3.55. The third-order valence-corrected chi connectivity index (χ3v) is 5.87. The molecule has 3 rings (SSSR count). The molecule has 7 heteroatoms. The Morgan fingerprint density at radius 2 is 1.93 bits per heavy atom. The van der Waals surface area contributed by atoms with Crippen molar-refractivity contribution in [2.24, 2.45) is 4.99 Å².